The van der Waals surface area contributed by atoms with Gasteiger partial charge < -0.3 is 9.47 Å². The third kappa shape index (κ3) is 4.64. The summed E-state index contributed by atoms with van der Waals surface area (Å²) in [4.78, 5) is 21.4. The van der Waals surface area contributed by atoms with Gasteiger partial charge in [-0.3, -0.25) is 3.07 Å². The van der Waals surface area contributed by atoms with Crippen LogP contribution in [0.4, 0.5) is 26.3 Å². The van der Waals surface area contributed by atoms with Crippen LogP contribution in [0, 0.1) is 3.57 Å². The van der Waals surface area contributed by atoms with E-state index in [9.17, 15) is 39.0 Å². The Labute approximate surface area is 127 Å². The monoisotopic (exact) mass is 444 g/mol. The van der Waals surface area contributed by atoms with Crippen LogP contribution in [0.3, 0.4) is 0 Å². The second-order valence-electron chi connectivity index (χ2n) is 3.42. The van der Waals surface area contributed by atoms with E-state index in [1.807, 2.05) is 0 Å². The van der Waals surface area contributed by atoms with Gasteiger partial charge in [0.15, 0.2) is 32.7 Å². The zero-order valence-corrected chi connectivity index (χ0v) is 12.1. The number of carbonyl (C=O) groups is 2. The zero-order valence-electron chi connectivity index (χ0n) is 9.92. The summed E-state index contributed by atoms with van der Waals surface area (Å²) < 4.78 is 90.7. The van der Waals surface area contributed by atoms with Crippen LogP contribution in [-0.4, -0.2) is 24.3 Å². The van der Waals surface area contributed by atoms with Crippen LogP contribution in [0.5, 0.6) is 11.5 Å². The third-order valence-corrected chi connectivity index (χ3v) is 3.20. The van der Waals surface area contributed by atoms with Crippen LogP contribution in [0.15, 0.2) is 18.2 Å². The number of alkyl halides is 6. The lowest BCUT2D eigenvalue weighted by molar-refractivity contribution is -0.191. The van der Waals surface area contributed by atoms with Gasteiger partial charge in [-0.2, -0.15) is 26.3 Å². The molecule has 0 bridgehead atoms. The smallest absolute Gasteiger partial charge is 0.416 e. The van der Waals surface area contributed by atoms with Crippen molar-refractivity contribution in [3.05, 3.63) is 21.8 Å². The molecule has 0 saturated carbocycles. The lowest BCUT2D eigenvalue weighted by atomic mass is 10.3. The summed E-state index contributed by atoms with van der Waals surface area (Å²) in [6.45, 7) is 0. The number of hydrogen-bond donors (Lipinski definition) is 0. The first-order valence-corrected chi connectivity index (χ1v) is 6.91. The van der Waals surface area contributed by atoms with E-state index in [0.29, 0.717) is 6.07 Å². The maximum Gasteiger partial charge on any atom is 0.491 e. The first kappa shape index (κ1) is 18.3. The molecule has 5 nitrogen and oxygen atoms in total. The molecule has 0 fully saturated rings. The minimum Gasteiger partial charge on any atom is -0.416 e. The number of hydrogen-bond acceptors (Lipinski definition) is 5. The Morgan fingerprint density at radius 2 is 1.41 bits per heavy atom. The van der Waals surface area contributed by atoms with Gasteiger partial charge in [-0.05, 0) is 12.1 Å². The van der Waals surface area contributed by atoms with E-state index in [2.05, 4.69) is 9.47 Å². The van der Waals surface area contributed by atoms with E-state index in [1.54, 1.807) is 0 Å². The Balaban J connectivity index is 3.21. The third-order valence-electron chi connectivity index (χ3n) is 1.87. The Morgan fingerprint density at radius 3 is 1.86 bits per heavy atom. The largest absolute Gasteiger partial charge is 0.491 e. The lowest BCUT2D eigenvalue weighted by Crippen LogP contribution is -2.30. The van der Waals surface area contributed by atoms with Crippen molar-refractivity contribution < 1.29 is 48.5 Å². The fourth-order valence-corrected chi connectivity index (χ4v) is 1.97. The fourth-order valence-electron chi connectivity index (χ4n) is 1.04. The van der Waals surface area contributed by atoms with Crippen molar-refractivity contribution in [2.24, 2.45) is 0 Å². The van der Waals surface area contributed by atoms with Gasteiger partial charge in [0.25, 0.3) is 0 Å². The van der Waals surface area contributed by atoms with Crippen molar-refractivity contribution in [3.8, 4) is 11.5 Å². The van der Waals surface area contributed by atoms with E-state index in [0.717, 1.165) is 12.1 Å². The summed E-state index contributed by atoms with van der Waals surface area (Å²) >= 11 is -2.22. The first-order valence-electron chi connectivity index (χ1n) is 4.95. The van der Waals surface area contributed by atoms with Crippen molar-refractivity contribution in [1.82, 2.24) is 0 Å². The Morgan fingerprint density at radius 1 is 0.909 bits per heavy atom. The predicted octanol–water partition coefficient (Wildman–Crippen LogP) is 3.11. The second kappa shape index (κ2) is 6.58. The molecule has 0 aliphatic carbocycles. The molecule has 0 saturated heterocycles. The van der Waals surface area contributed by atoms with Gasteiger partial charge >= 0.3 is 24.3 Å². The first-order chi connectivity index (χ1) is 9.96. The molecule has 0 N–H and O–H groups in total. The second-order valence-corrected chi connectivity index (χ2v) is 5.02. The Bertz CT molecular complexity index is 609. The van der Waals surface area contributed by atoms with Crippen molar-refractivity contribution in [2.75, 3.05) is 0 Å². The summed E-state index contributed by atoms with van der Waals surface area (Å²) in [6.07, 6.45) is -10.9. The minimum absolute atomic E-state index is 0.483. The van der Waals surface area contributed by atoms with Crippen LogP contribution >= 0.6 is 21.2 Å². The molecule has 22 heavy (non-hydrogen) atoms. The maximum atomic E-state index is 12.1. The number of esters is 2. The lowest BCUT2D eigenvalue weighted by Gasteiger charge is -2.13. The molecule has 0 aliphatic heterocycles. The van der Waals surface area contributed by atoms with Crippen molar-refractivity contribution >= 4 is 33.1 Å². The molecule has 1 rings (SSSR count). The van der Waals surface area contributed by atoms with Crippen LogP contribution in [0.2, 0.25) is 0 Å². The average Bonchev–Trinajstić information content (AvgIpc) is 2.38. The molecule has 1 aromatic carbocycles. The summed E-state index contributed by atoms with van der Waals surface area (Å²) in [5, 5.41) is 0. The van der Waals surface area contributed by atoms with E-state index in [-0.39, 0.29) is 0 Å². The van der Waals surface area contributed by atoms with Gasteiger partial charge in [-0.25, -0.2) is 9.59 Å². The van der Waals surface area contributed by atoms with Gasteiger partial charge in [0.2, 0.25) is 0 Å². The molecule has 1 aromatic rings. The van der Waals surface area contributed by atoms with Crippen LogP contribution < -0.4 is 9.47 Å². The van der Waals surface area contributed by atoms with Gasteiger partial charge in [0.05, 0.1) is 3.57 Å². The van der Waals surface area contributed by atoms with Crippen molar-refractivity contribution in [3.63, 3.8) is 0 Å². The highest BCUT2D eigenvalue weighted by molar-refractivity contribution is 14.1. The SMILES string of the molecule is O=Ic1cccc(OC(=O)C(F)(F)F)c1OC(=O)C(F)(F)F. The van der Waals surface area contributed by atoms with Gasteiger partial charge in [-0.1, -0.05) is 6.07 Å². The summed E-state index contributed by atoms with van der Waals surface area (Å²) in [7, 11) is 0. The molecule has 0 aliphatic rings. The van der Waals surface area contributed by atoms with Crippen LogP contribution in [0.25, 0.3) is 0 Å². The van der Waals surface area contributed by atoms with E-state index in [1.165, 1.54) is 0 Å². The van der Waals surface area contributed by atoms with Gasteiger partial charge in [-0.15, -0.1) is 0 Å². The number of carbonyl (C=O) groups excluding carboxylic acids is 2. The maximum absolute atomic E-state index is 12.1. The number of rotatable bonds is 3. The Kier molecular flexibility index (Phi) is 5.48. The molecule has 0 amide bonds. The number of benzene rings is 1. The van der Waals surface area contributed by atoms with E-state index in [4.69, 9.17) is 0 Å². The number of halogens is 7. The molecule has 0 radical (unpaired) electrons. The summed E-state index contributed by atoms with van der Waals surface area (Å²) in [6, 6.07) is 2.58. The molecule has 12 heteroatoms. The molecule has 0 unspecified atom stereocenters. The normalized spacial score (nSPS) is 11.9. The fraction of sp³-hybridized carbons (Fsp3) is 0.200. The highest BCUT2D eigenvalue weighted by Gasteiger charge is 2.44. The molecule has 0 atom stereocenters. The van der Waals surface area contributed by atoms with Gasteiger partial charge in [0, 0.05) is 0 Å². The van der Waals surface area contributed by atoms with Crippen LogP contribution in [-0.2, 0) is 12.7 Å². The van der Waals surface area contributed by atoms with Crippen molar-refractivity contribution in [2.45, 2.75) is 12.4 Å². The standard InChI is InChI=1S/C10H3F6IO5/c11-9(12,13)7(18)21-5-3-1-2-4(17-20)6(5)22-8(19)10(14,15)16/h1-3H. The molecule has 122 valence electrons. The zero-order chi connectivity index (χ0) is 17.1. The quantitative estimate of drug-likeness (QED) is 0.310. The van der Waals surface area contributed by atoms with E-state index >= 15 is 0 Å². The van der Waals surface area contributed by atoms with Crippen LogP contribution in [0.1, 0.15) is 0 Å². The molecule has 0 aromatic heterocycles. The minimum atomic E-state index is -5.44. The summed E-state index contributed by atoms with van der Waals surface area (Å²) in [5.41, 5.74) is 0. The molecular formula is C10H3F6IO5. The Hall–Kier alpha value is -1.73. The highest BCUT2D eigenvalue weighted by Crippen LogP contribution is 2.36. The average molecular weight is 444 g/mol. The molecular weight excluding hydrogens is 441 g/mol. The van der Waals surface area contributed by atoms with Gasteiger partial charge in [0.1, 0.15) is 0 Å². The summed E-state index contributed by atoms with van der Waals surface area (Å²) in [5.74, 6) is -7.75. The highest BCUT2D eigenvalue weighted by atomic mass is 127. The number of ether oxygens (including phenoxy) is 2. The number of para-hydroxylation sites is 1. The predicted molar refractivity (Wildman–Crippen MR) is 63.2 cm³/mol. The van der Waals surface area contributed by atoms with E-state index < -0.39 is 60.6 Å². The molecule has 0 heterocycles. The van der Waals surface area contributed by atoms with Crippen molar-refractivity contribution in [1.29, 1.82) is 0 Å². The molecule has 0 spiro atoms. The topological polar surface area (TPSA) is 69.7 Å².